The van der Waals surface area contributed by atoms with E-state index in [-0.39, 0.29) is 0 Å². The van der Waals surface area contributed by atoms with Gasteiger partial charge in [-0.3, -0.25) is 4.68 Å². The highest BCUT2D eigenvalue weighted by molar-refractivity contribution is 5.52. The minimum absolute atomic E-state index is 0.601. The van der Waals surface area contributed by atoms with Crippen molar-refractivity contribution in [3.8, 4) is 11.5 Å². The molecule has 20 heavy (non-hydrogen) atoms. The fourth-order valence-corrected chi connectivity index (χ4v) is 1.96. The van der Waals surface area contributed by atoms with Crippen molar-refractivity contribution in [2.45, 2.75) is 33.4 Å². The number of hydrogen-bond acceptors (Lipinski definition) is 5. The molecule has 0 spiro atoms. The van der Waals surface area contributed by atoms with Gasteiger partial charge < -0.3 is 14.5 Å². The molecule has 0 aliphatic rings. The van der Waals surface area contributed by atoms with Gasteiger partial charge in [-0.05, 0) is 19.4 Å². The maximum absolute atomic E-state index is 5.77. The second-order valence-electron chi connectivity index (χ2n) is 4.48. The smallest absolute Gasteiger partial charge is 0.208 e. The Kier molecular flexibility index (Phi) is 5.31. The summed E-state index contributed by atoms with van der Waals surface area (Å²) in [6.07, 6.45) is 2.68. The largest absolute Gasteiger partial charge is 0.438 e. The molecule has 0 amide bonds. The molecule has 0 radical (unpaired) electrons. The van der Waals surface area contributed by atoms with E-state index in [1.54, 1.807) is 13.3 Å². The van der Waals surface area contributed by atoms with Crippen molar-refractivity contribution in [2.24, 2.45) is 0 Å². The molecule has 2 heterocycles. The van der Waals surface area contributed by atoms with E-state index in [9.17, 15) is 0 Å². The molecule has 0 atom stereocenters. The van der Waals surface area contributed by atoms with Crippen molar-refractivity contribution in [3.63, 3.8) is 0 Å². The highest BCUT2D eigenvalue weighted by Gasteiger charge is 2.12. The van der Waals surface area contributed by atoms with Crippen LogP contribution in [-0.2, 0) is 24.2 Å². The van der Waals surface area contributed by atoms with Gasteiger partial charge in [-0.25, -0.2) is 4.98 Å². The fraction of sp³-hybridized carbons (Fsp3) is 0.571. The topological polar surface area (TPSA) is 65.1 Å². The van der Waals surface area contributed by atoms with Gasteiger partial charge in [-0.1, -0.05) is 6.92 Å². The molecule has 0 bridgehead atoms. The van der Waals surface area contributed by atoms with Crippen molar-refractivity contribution >= 4 is 0 Å². The molecule has 2 aromatic heterocycles. The minimum Gasteiger partial charge on any atom is -0.438 e. The first kappa shape index (κ1) is 14.7. The van der Waals surface area contributed by atoms with Gasteiger partial charge in [0.2, 0.25) is 5.89 Å². The quantitative estimate of drug-likeness (QED) is 0.747. The van der Waals surface area contributed by atoms with Crippen molar-refractivity contribution in [1.82, 2.24) is 20.1 Å². The van der Waals surface area contributed by atoms with Crippen LogP contribution in [0, 0.1) is 0 Å². The predicted octanol–water partition coefficient (Wildman–Crippen LogP) is 1.86. The van der Waals surface area contributed by atoms with Crippen LogP contribution in [0.5, 0.6) is 0 Å². The summed E-state index contributed by atoms with van der Waals surface area (Å²) in [5.41, 5.74) is 2.05. The Morgan fingerprint density at radius 1 is 1.40 bits per heavy atom. The van der Waals surface area contributed by atoms with Crippen LogP contribution in [0.25, 0.3) is 11.5 Å². The highest BCUT2D eigenvalue weighted by atomic mass is 16.5. The molecule has 0 fully saturated rings. The van der Waals surface area contributed by atoms with Crippen LogP contribution in [0.2, 0.25) is 0 Å². The molecule has 6 heteroatoms. The number of aromatic nitrogens is 3. The first-order valence-corrected chi connectivity index (χ1v) is 6.99. The average Bonchev–Trinajstić information content (AvgIpc) is 3.09. The van der Waals surface area contributed by atoms with Crippen LogP contribution in [-0.4, -0.2) is 35.0 Å². The second-order valence-corrected chi connectivity index (χ2v) is 4.48. The van der Waals surface area contributed by atoms with Gasteiger partial charge in [-0.15, -0.1) is 0 Å². The lowest BCUT2D eigenvalue weighted by atomic mass is 10.3. The monoisotopic (exact) mass is 278 g/mol. The molecule has 0 unspecified atom stereocenters. The predicted molar refractivity (Wildman–Crippen MR) is 76.4 cm³/mol. The van der Waals surface area contributed by atoms with E-state index in [0.717, 1.165) is 36.7 Å². The van der Waals surface area contributed by atoms with E-state index in [4.69, 9.17) is 9.15 Å². The molecule has 0 aliphatic carbocycles. The third-order valence-corrected chi connectivity index (χ3v) is 3.06. The Morgan fingerprint density at radius 3 is 2.95 bits per heavy atom. The molecular formula is C14H22N4O2. The van der Waals surface area contributed by atoms with E-state index in [1.807, 2.05) is 4.68 Å². The Hall–Kier alpha value is -1.66. The zero-order valence-electron chi connectivity index (χ0n) is 12.3. The van der Waals surface area contributed by atoms with E-state index in [1.165, 1.54) is 0 Å². The maximum atomic E-state index is 5.77. The fourth-order valence-electron chi connectivity index (χ4n) is 1.96. The normalized spacial score (nSPS) is 11.2. The first-order valence-electron chi connectivity index (χ1n) is 6.99. The summed E-state index contributed by atoms with van der Waals surface area (Å²) in [5, 5.41) is 7.72. The minimum atomic E-state index is 0.601. The van der Waals surface area contributed by atoms with Crippen molar-refractivity contribution in [2.75, 3.05) is 20.3 Å². The molecule has 1 N–H and O–H groups in total. The lowest BCUT2D eigenvalue weighted by Crippen LogP contribution is -2.18. The Morgan fingerprint density at radius 2 is 2.25 bits per heavy atom. The summed E-state index contributed by atoms with van der Waals surface area (Å²) in [6.45, 7) is 7.04. The van der Waals surface area contributed by atoms with E-state index >= 15 is 0 Å². The standard InChI is InChI=1S/C14H22N4O2/c1-4-11-8-12(18(5-2)17-11)13-9-16-14(20-13)10-15-6-7-19-3/h8-9,15H,4-7,10H2,1-3H3. The highest BCUT2D eigenvalue weighted by Crippen LogP contribution is 2.22. The number of aryl methyl sites for hydroxylation is 2. The van der Waals surface area contributed by atoms with Gasteiger partial charge in [-0.2, -0.15) is 5.10 Å². The molecule has 0 saturated carbocycles. The Balaban J connectivity index is 2.06. The first-order chi connectivity index (χ1) is 9.78. The average molecular weight is 278 g/mol. The van der Waals surface area contributed by atoms with Crippen LogP contribution < -0.4 is 5.32 Å². The molecule has 0 aromatic carbocycles. The van der Waals surface area contributed by atoms with E-state index < -0.39 is 0 Å². The summed E-state index contributed by atoms with van der Waals surface area (Å²) in [7, 11) is 1.68. The molecule has 2 aromatic rings. The summed E-state index contributed by atoms with van der Waals surface area (Å²) in [4.78, 5) is 4.29. The number of oxazole rings is 1. The molecule has 110 valence electrons. The number of hydrogen-bond donors (Lipinski definition) is 1. The van der Waals surface area contributed by atoms with Crippen LogP contribution in [0.1, 0.15) is 25.4 Å². The number of rotatable bonds is 8. The second kappa shape index (κ2) is 7.21. The zero-order valence-corrected chi connectivity index (χ0v) is 12.3. The number of methoxy groups -OCH3 is 1. The van der Waals surface area contributed by atoms with Gasteiger partial charge in [0.05, 0.1) is 25.0 Å². The number of ether oxygens (including phenoxy) is 1. The summed E-state index contributed by atoms with van der Waals surface area (Å²) < 4.78 is 12.7. The Labute approximate surface area is 119 Å². The summed E-state index contributed by atoms with van der Waals surface area (Å²) >= 11 is 0. The maximum Gasteiger partial charge on any atom is 0.208 e. The SMILES string of the molecule is CCc1cc(-c2cnc(CNCCOC)o2)n(CC)n1. The van der Waals surface area contributed by atoms with Crippen LogP contribution in [0.4, 0.5) is 0 Å². The third-order valence-electron chi connectivity index (χ3n) is 3.06. The Bertz CT molecular complexity index is 533. The van der Waals surface area contributed by atoms with Crippen molar-refractivity contribution in [3.05, 3.63) is 23.8 Å². The van der Waals surface area contributed by atoms with Gasteiger partial charge in [0.25, 0.3) is 0 Å². The van der Waals surface area contributed by atoms with Gasteiger partial charge in [0.15, 0.2) is 5.76 Å². The molecule has 0 saturated heterocycles. The van der Waals surface area contributed by atoms with Crippen molar-refractivity contribution < 1.29 is 9.15 Å². The molecule has 6 nitrogen and oxygen atoms in total. The van der Waals surface area contributed by atoms with Gasteiger partial charge in [0.1, 0.15) is 5.69 Å². The summed E-state index contributed by atoms with van der Waals surface area (Å²) in [5.74, 6) is 1.44. The van der Waals surface area contributed by atoms with Gasteiger partial charge >= 0.3 is 0 Å². The van der Waals surface area contributed by atoms with Gasteiger partial charge in [0, 0.05) is 20.2 Å². The molecular weight excluding hydrogens is 256 g/mol. The molecule has 2 rings (SSSR count). The number of nitrogens with one attached hydrogen (secondary N) is 1. The van der Waals surface area contributed by atoms with E-state index in [2.05, 4.69) is 35.3 Å². The third kappa shape index (κ3) is 3.46. The van der Waals surface area contributed by atoms with Crippen LogP contribution in [0.3, 0.4) is 0 Å². The molecule has 0 aliphatic heterocycles. The lowest BCUT2D eigenvalue weighted by Gasteiger charge is -2.01. The lowest BCUT2D eigenvalue weighted by molar-refractivity contribution is 0.198. The van der Waals surface area contributed by atoms with Crippen LogP contribution >= 0.6 is 0 Å². The zero-order chi connectivity index (χ0) is 14.4. The number of nitrogens with zero attached hydrogens (tertiary/aromatic N) is 3. The van der Waals surface area contributed by atoms with Crippen molar-refractivity contribution in [1.29, 1.82) is 0 Å². The van der Waals surface area contributed by atoms with Crippen LogP contribution in [0.15, 0.2) is 16.7 Å². The summed E-state index contributed by atoms with van der Waals surface area (Å²) in [6, 6.07) is 2.06. The van der Waals surface area contributed by atoms with E-state index in [0.29, 0.717) is 19.0 Å².